The Kier molecular flexibility index (Phi) is 5.87. The first-order chi connectivity index (χ1) is 10.4. The topological polar surface area (TPSA) is 0 Å². The van der Waals surface area contributed by atoms with E-state index in [1.165, 1.54) is 31.7 Å². The Bertz CT molecular complexity index is 470. The van der Waals surface area contributed by atoms with Crippen LogP contribution in [-0.4, -0.2) is 0 Å². The summed E-state index contributed by atoms with van der Waals surface area (Å²) >= 11 is 0. The summed E-state index contributed by atoms with van der Waals surface area (Å²) in [4.78, 5) is 0. The summed E-state index contributed by atoms with van der Waals surface area (Å²) in [5, 5.41) is 0. The fraction of sp³-hybridized carbons (Fsp3) is 0.667. The molecule has 1 aromatic rings. The van der Waals surface area contributed by atoms with E-state index in [2.05, 4.69) is 6.92 Å². The molecule has 0 unspecified atom stereocenters. The molecule has 0 amide bonds. The predicted octanol–water partition coefficient (Wildman–Crippen LogP) is 6.70. The quantitative estimate of drug-likeness (QED) is 0.419. The van der Waals surface area contributed by atoms with Crippen LogP contribution in [0.5, 0.6) is 0 Å². The van der Waals surface area contributed by atoms with Gasteiger partial charge in [-0.2, -0.15) is 13.2 Å². The molecule has 0 atom stereocenters. The molecule has 0 saturated heterocycles. The van der Waals surface area contributed by atoms with Crippen molar-refractivity contribution in [1.82, 2.24) is 0 Å². The van der Waals surface area contributed by atoms with Gasteiger partial charge >= 0.3 is 6.18 Å². The highest BCUT2D eigenvalue weighted by Crippen LogP contribution is 2.40. The number of hydrogen-bond donors (Lipinski definition) is 0. The average Bonchev–Trinajstić information content (AvgIpc) is 2.48. The van der Waals surface area contributed by atoms with Crippen LogP contribution in [0, 0.1) is 11.7 Å². The molecule has 0 aromatic heterocycles. The predicted molar refractivity (Wildman–Crippen MR) is 80.2 cm³/mol. The second kappa shape index (κ2) is 7.47. The zero-order valence-corrected chi connectivity index (χ0v) is 13.1. The van der Waals surface area contributed by atoms with Crippen LogP contribution in [0.15, 0.2) is 18.2 Å². The van der Waals surface area contributed by atoms with Gasteiger partial charge in [-0.25, -0.2) is 4.39 Å². The molecule has 0 nitrogen and oxygen atoms in total. The third-order valence-corrected chi connectivity index (χ3v) is 4.83. The van der Waals surface area contributed by atoms with Crippen LogP contribution in [0.3, 0.4) is 0 Å². The Labute approximate surface area is 129 Å². The fourth-order valence-corrected chi connectivity index (χ4v) is 3.48. The first-order valence-electron chi connectivity index (χ1n) is 8.28. The molecule has 0 aliphatic heterocycles. The molecule has 0 radical (unpaired) electrons. The summed E-state index contributed by atoms with van der Waals surface area (Å²) in [5.41, 5.74) is -0.490. The monoisotopic (exact) mass is 316 g/mol. The highest BCUT2D eigenvalue weighted by molar-refractivity contribution is 5.30. The summed E-state index contributed by atoms with van der Waals surface area (Å²) in [6, 6.07) is 3.50. The van der Waals surface area contributed by atoms with E-state index >= 15 is 0 Å². The van der Waals surface area contributed by atoms with E-state index in [4.69, 9.17) is 0 Å². The van der Waals surface area contributed by atoms with E-state index in [1.54, 1.807) is 0 Å². The molecule has 4 heteroatoms. The summed E-state index contributed by atoms with van der Waals surface area (Å²) in [6.45, 7) is 2.18. The molecule has 124 valence electrons. The maximum absolute atomic E-state index is 13.3. The maximum atomic E-state index is 13.3. The first-order valence-corrected chi connectivity index (χ1v) is 8.28. The van der Waals surface area contributed by atoms with Crippen molar-refractivity contribution in [1.29, 1.82) is 0 Å². The summed E-state index contributed by atoms with van der Waals surface area (Å²) in [5.74, 6) is -0.320. The van der Waals surface area contributed by atoms with E-state index in [1.807, 2.05) is 0 Å². The molecular formula is C18H24F4. The minimum absolute atomic E-state index is 0.143. The maximum Gasteiger partial charge on any atom is 0.419 e. The van der Waals surface area contributed by atoms with Crippen molar-refractivity contribution in [3.05, 3.63) is 35.1 Å². The van der Waals surface area contributed by atoms with Crippen LogP contribution >= 0.6 is 0 Å². The molecule has 0 heterocycles. The SMILES string of the molecule is CCCCCC1CCC(c2ccc(F)c(C(F)(F)F)c2)CC1. The van der Waals surface area contributed by atoms with Crippen molar-refractivity contribution in [2.75, 3.05) is 0 Å². The third kappa shape index (κ3) is 4.47. The van der Waals surface area contributed by atoms with Crippen molar-refractivity contribution < 1.29 is 17.6 Å². The number of rotatable bonds is 5. The van der Waals surface area contributed by atoms with Crippen molar-refractivity contribution >= 4 is 0 Å². The van der Waals surface area contributed by atoms with Gasteiger partial charge in [0.05, 0.1) is 5.56 Å². The zero-order valence-electron chi connectivity index (χ0n) is 13.1. The van der Waals surface area contributed by atoms with Crippen LogP contribution in [0.1, 0.15) is 75.3 Å². The Morgan fingerprint density at radius 2 is 1.73 bits per heavy atom. The van der Waals surface area contributed by atoms with Crippen LogP contribution in [-0.2, 0) is 6.18 Å². The number of alkyl halides is 3. The van der Waals surface area contributed by atoms with Crippen LogP contribution < -0.4 is 0 Å². The van der Waals surface area contributed by atoms with Crippen LogP contribution in [0.4, 0.5) is 17.6 Å². The lowest BCUT2D eigenvalue weighted by molar-refractivity contribution is -0.140. The summed E-state index contributed by atoms with van der Waals surface area (Å²) < 4.78 is 51.7. The number of unbranched alkanes of at least 4 members (excludes halogenated alkanes) is 2. The van der Waals surface area contributed by atoms with Crippen LogP contribution in [0.25, 0.3) is 0 Å². The van der Waals surface area contributed by atoms with Crippen molar-refractivity contribution in [2.24, 2.45) is 5.92 Å². The van der Waals surface area contributed by atoms with Gasteiger partial charge in [0.2, 0.25) is 0 Å². The average molecular weight is 316 g/mol. The summed E-state index contributed by atoms with van der Waals surface area (Å²) in [7, 11) is 0. The molecule has 2 rings (SSSR count). The Balaban J connectivity index is 1.97. The van der Waals surface area contributed by atoms with Crippen LogP contribution in [0.2, 0.25) is 0 Å². The van der Waals surface area contributed by atoms with Gasteiger partial charge in [0.15, 0.2) is 0 Å². The second-order valence-corrected chi connectivity index (χ2v) is 6.45. The van der Waals surface area contributed by atoms with Gasteiger partial charge in [-0.15, -0.1) is 0 Å². The smallest absolute Gasteiger partial charge is 0.206 e. The molecule has 1 aliphatic rings. The molecule has 0 N–H and O–H groups in total. The largest absolute Gasteiger partial charge is 0.419 e. The van der Waals surface area contributed by atoms with Gasteiger partial charge < -0.3 is 0 Å². The van der Waals surface area contributed by atoms with E-state index in [0.717, 1.165) is 37.8 Å². The molecule has 0 bridgehead atoms. The number of hydrogen-bond acceptors (Lipinski definition) is 0. The Hall–Kier alpha value is -1.06. The molecule has 1 aromatic carbocycles. The zero-order chi connectivity index (χ0) is 16.2. The Morgan fingerprint density at radius 1 is 1.05 bits per heavy atom. The van der Waals surface area contributed by atoms with Gasteiger partial charge in [-0.1, -0.05) is 38.7 Å². The van der Waals surface area contributed by atoms with Gasteiger partial charge in [0.25, 0.3) is 0 Å². The third-order valence-electron chi connectivity index (χ3n) is 4.83. The number of benzene rings is 1. The lowest BCUT2D eigenvalue weighted by Gasteiger charge is -2.29. The summed E-state index contributed by atoms with van der Waals surface area (Å²) in [6.07, 6.45) is 4.33. The highest BCUT2D eigenvalue weighted by atomic mass is 19.4. The van der Waals surface area contributed by atoms with Gasteiger partial charge in [-0.05, 0) is 55.2 Å². The van der Waals surface area contributed by atoms with Crippen molar-refractivity contribution in [3.8, 4) is 0 Å². The van der Waals surface area contributed by atoms with Crippen molar-refractivity contribution in [2.45, 2.75) is 70.4 Å². The van der Waals surface area contributed by atoms with E-state index in [0.29, 0.717) is 11.5 Å². The molecule has 22 heavy (non-hydrogen) atoms. The van der Waals surface area contributed by atoms with E-state index in [-0.39, 0.29) is 5.92 Å². The minimum Gasteiger partial charge on any atom is -0.206 e. The lowest BCUT2D eigenvalue weighted by atomic mass is 9.77. The highest BCUT2D eigenvalue weighted by Gasteiger charge is 2.35. The number of halogens is 4. The Morgan fingerprint density at radius 3 is 2.32 bits per heavy atom. The molecule has 1 aliphatic carbocycles. The molecule has 1 saturated carbocycles. The fourth-order valence-electron chi connectivity index (χ4n) is 3.48. The second-order valence-electron chi connectivity index (χ2n) is 6.45. The standard InChI is InChI=1S/C18H24F4/c1-2-3-4-5-13-6-8-14(9-7-13)15-10-11-17(19)16(12-15)18(20,21)22/h10-14H,2-9H2,1H3. The molecule has 0 spiro atoms. The first kappa shape index (κ1) is 17.3. The molecule has 1 fully saturated rings. The van der Waals surface area contributed by atoms with Gasteiger partial charge in [0, 0.05) is 0 Å². The van der Waals surface area contributed by atoms with E-state index in [9.17, 15) is 17.6 Å². The normalized spacial score (nSPS) is 22.8. The van der Waals surface area contributed by atoms with E-state index < -0.39 is 17.6 Å². The van der Waals surface area contributed by atoms with Gasteiger partial charge in [0.1, 0.15) is 5.82 Å². The molecular weight excluding hydrogens is 292 g/mol. The minimum atomic E-state index is -4.61. The lowest BCUT2D eigenvalue weighted by Crippen LogP contribution is -2.15. The van der Waals surface area contributed by atoms with Gasteiger partial charge in [-0.3, -0.25) is 0 Å². The van der Waals surface area contributed by atoms with Crippen molar-refractivity contribution in [3.63, 3.8) is 0 Å².